The summed E-state index contributed by atoms with van der Waals surface area (Å²) in [7, 11) is 0. The van der Waals surface area contributed by atoms with Crippen molar-refractivity contribution in [3.8, 4) is 11.6 Å². The van der Waals surface area contributed by atoms with Crippen LogP contribution in [0.2, 0.25) is 0 Å². The molecule has 1 amide bonds. The van der Waals surface area contributed by atoms with Gasteiger partial charge in [-0.25, -0.2) is 4.98 Å². The molecule has 3 N–H and O–H groups in total. The Hall–Kier alpha value is -2.74. The molecule has 7 nitrogen and oxygen atoms in total. The van der Waals surface area contributed by atoms with Gasteiger partial charge in [-0.2, -0.15) is 0 Å². The van der Waals surface area contributed by atoms with Gasteiger partial charge in [0.05, 0.1) is 5.51 Å². The Morgan fingerprint density at radius 1 is 1.35 bits per heavy atom. The number of nitrogens with one attached hydrogen (secondary N) is 1. The lowest BCUT2D eigenvalue weighted by molar-refractivity contribution is -0.119. The van der Waals surface area contributed by atoms with Crippen LogP contribution in [0.4, 0.5) is 5.69 Å². The number of benzene rings is 1. The van der Waals surface area contributed by atoms with Crippen LogP contribution in [-0.4, -0.2) is 21.1 Å². The van der Waals surface area contributed by atoms with E-state index in [4.69, 9.17) is 10.2 Å². The van der Waals surface area contributed by atoms with E-state index < -0.39 is 6.04 Å². The number of anilines is 1. The standard InChI is InChI=1S/C15H15N5O2S/c1-9(21)18-12(6-10-2-4-11(16)5-3-10)14-19-20-15(22-14)13-7-23-8-17-13/h2-5,7-8,12H,6,16H2,1H3,(H,18,21). The minimum Gasteiger partial charge on any atom is -0.417 e. The highest BCUT2D eigenvalue weighted by atomic mass is 32.1. The van der Waals surface area contributed by atoms with Gasteiger partial charge in [0.2, 0.25) is 11.8 Å². The molecular formula is C15H15N5O2S. The number of nitrogens with two attached hydrogens (primary N) is 1. The van der Waals surface area contributed by atoms with Gasteiger partial charge in [0.25, 0.3) is 5.89 Å². The Morgan fingerprint density at radius 3 is 2.78 bits per heavy atom. The molecule has 0 aliphatic heterocycles. The first kappa shape index (κ1) is 15.2. The van der Waals surface area contributed by atoms with Crippen molar-refractivity contribution in [2.45, 2.75) is 19.4 Å². The topological polar surface area (TPSA) is 107 Å². The van der Waals surface area contributed by atoms with Gasteiger partial charge in [-0.15, -0.1) is 21.5 Å². The van der Waals surface area contributed by atoms with E-state index in [1.807, 2.05) is 29.6 Å². The molecule has 3 rings (SSSR count). The molecule has 0 bridgehead atoms. The number of rotatable bonds is 5. The van der Waals surface area contributed by atoms with Crippen LogP contribution in [0, 0.1) is 0 Å². The molecule has 8 heteroatoms. The molecule has 2 heterocycles. The molecule has 0 spiro atoms. The molecule has 23 heavy (non-hydrogen) atoms. The van der Waals surface area contributed by atoms with Crippen LogP contribution in [0.15, 0.2) is 39.6 Å². The molecule has 0 radical (unpaired) electrons. The summed E-state index contributed by atoms with van der Waals surface area (Å²) in [5.74, 6) is 0.521. The zero-order valence-corrected chi connectivity index (χ0v) is 13.2. The maximum absolute atomic E-state index is 11.5. The van der Waals surface area contributed by atoms with E-state index in [9.17, 15) is 4.79 Å². The summed E-state index contributed by atoms with van der Waals surface area (Å²) >= 11 is 1.45. The summed E-state index contributed by atoms with van der Waals surface area (Å²) in [4.78, 5) is 15.6. The Kier molecular flexibility index (Phi) is 4.33. The van der Waals surface area contributed by atoms with Crippen LogP contribution >= 0.6 is 11.3 Å². The zero-order valence-electron chi connectivity index (χ0n) is 12.4. The number of amides is 1. The molecule has 3 aromatic rings. The van der Waals surface area contributed by atoms with Gasteiger partial charge in [0.1, 0.15) is 11.7 Å². The molecule has 2 aromatic heterocycles. The van der Waals surface area contributed by atoms with Crippen LogP contribution in [0.25, 0.3) is 11.6 Å². The fourth-order valence-electron chi connectivity index (χ4n) is 2.13. The maximum atomic E-state index is 11.5. The number of hydrogen-bond acceptors (Lipinski definition) is 7. The largest absolute Gasteiger partial charge is 0.417 e. The summed E-state index contributed by atoms with van der Waals surface area (Å²) in [6.45, 7) is 1.45. The maximum Gasteiger partial charge on any atom is 0.267 e. The normalized spacial score (nSPS) is 12.0. The molecule has 1 atom stereocenters. The van der Waals surface area contributed by atoms with E-state index in [2.05, 4.69) is 20.5 Å². The second-order valence-electron chi connectivity index (χ2n) is 5.02. The summed E-state index contributed by atoms with van der Waals surface area (Å²) < 4.78 is 5.67. The monoisotopic (exact) mass is 329 g/mol. The van der Waals surface area contributed by atoms with Gasteiger partial charge in [0.15, 0.2) is 0 Å². The summed E-state index contributed by atoms with van der Waals surface area (Å²) in [6.07, 6.45) is 0.526. The van der Waals surface area contributed by atoms with Gasteiger partial charge in [-0.1, -0.05) is 12.1 Å². The highest BCUT2D eigenvalue weighted by molar-refractivity contribution is 7.07. The molecule has 0 fully saturated rings. The molecule has 0 saturated heterocycles. The highest BCUT2D eigenvalue weighted by Gasteiger charge is 2.21. The van der Waals surface area contributed by atoms with Gasteiger partial charge < -0.3 is 15.5 Å². The minimum atomic E-state index is -0.406. The van der Waals surface area contributed by atoms with Crippen molar-refractivity contribution in [2.75, 3.05) is 5.73 Å². The quantitative estimate of drug-likeness (QED) is 0.695. The SMILES string of the molecule is CC(=O)NC(Cc1ccc(N)cc1)c1nnc(-c2cscn2)o1. The Balaban J connectivity index is 1.84. The van der Waals surface area contributed by atoms with Gasteiger partial charge in [-0.3, -0.25) is 4.79 Å². The zero-order chi connectivity index (χ0) is 16.2. The molecule has 0 aliphatic rings. The fraction of sp³-hybridized carbons (Fsp3) is 0.200. The Bertz CT molecular complexity index is 783. The minimum absolute atomic E-state index is 0.168. The molecule has 1 aromatic carbocycles. The van der Waals surface area contributed by atoms with Crippen molar-refractivity contribution in [1.82, 2.24) is 20.5 Å². The average molecular weight is 329 g/mol. The lowest BCUT2D eigenvalue weighted by Gasteiger charge is -2.14. The van der Waals surface area contributed by atoms with Crippen molar-refractivity contribution >= 4 is 22.9 Å². The van der Waals surface area contributed by atoms with Crippen LogP contribution < -0.4 is 11.1 Å². The second-order valence-corrected chi connectivity index (χ2v) is 5.74. The predicted octanol–water partition coefficient (Wildman–Crippen LogP) is 2.20. The van der Waals surface area contributed by atoms with Crippen molar-refractivity contribution in [1.29, 1.82) is 0 Å². The molecule has 0 saturated carbocycles. The Labute approximate surface area is 136 Å². The number of carbonyl (C=O) groups is 1. The van der Waals surface area contributed by atoms with Crippen molar-refractivity contribution < 1.29 is 9.21 Å². The van der Waals surface area contributed by atoms with Crippen LogP contribution in [-0.2, 0) is 11.2 Å². The first-order valence-corrected chi connectivity index (χ1v) is 7.89. The van der Waals surface area contributed by atoms with E-state index in [1.165, 1.54) is 18.3 Å². The van der Waals surface area contributed by atoms with Crippen molar-refractivity contribution in [3.63, 3.8) is 0 Å². The van der Waals surface area contributed by atoms with E-state index in [0.717, 1.165) is 5.56 Å². The average Bonchev–Trinajstić information content (AvgIpc) is 3.19. The fourth-order valence-corrected chi connectivity index (χ4v) is 2.66. The third-order valence-electron chi connectivity index (χ3n) is 3.19. The van der Waals surface area contributed by atoms with E-state index in [-0.39, 0.29) is 5.91 Å². The third kappa shape index (κ3) is 3.72. The summed E-state index contributed by atoms with van der Waals surface area (Å²) in [5, 5.41) is 12.7. The van der Waals surface area contributed by atoms with E-state index in [0.29, 0.717) is 29.6 Å². The van der Waals surface area contributed by atoms with Gasteiger partial charge >= 0.3 is 0 Å². The molecule has 0 aliphatic carbocycles. The molecular weight excluding hydrogens is 314 g/mol. The lowest BCUT2D eigenvalue weighted by Crippen LogP contribution is -2.28. The summed E-state index contributed by atoms with van der Waals surface area (Å²) in [6, 6.07) is 7.03. The van der Waals surface area contributed by atoms with Gasteiger partial charge in [0, 0.05) is 24.4 Å². The number of nitrogen functional groups attached to an aromatic ring is 1. The number of nitrogens with zero attached hydrogens (tertiary/aromatic N) is 3. The number of aromatic nitrogens is 3. The predicted molar refractivity (Wildman–Crippen MR) is 86.5 cm³/mol. The summed E-state index contributed by atoms with van der Waals surface area (Å²) in [5.41, 5.74) is 9.71. The smallest absolute Gasteiger partial charge is 0.267 e. The second kappa shape index (κ2) is 6.57. The van der Waals surface area contributed by atoms with Crippen LogP contribution in [0.5, 0.6) is 0 Å². The van der Waals surface area contributed by atoms with Crippen molar-refractivity contribution in [3.05, 3.63) is 46.6 Å². The molecule has 118 valence electrons. The van der Waals surface area contributed by atoms with E-state index >= 15 is 0 Å². The number of thiazole rings is 1. The van der Waals surface area contributed by atoms with Crippen LogP contribution in [0.1, 0.15) is 24.4 Å². The Morgan fingerprint density at radius 2 is 2.13 bits per heavy atom. The van der Waals surface area contributed by atoms with Gasteiger partial charge in [-0.05, 0) is 17.7 Å². The molecule has 1 unspecified atom stereocenters. The highest BCUT2D eigenvalue weighted by Crippen LogP contribution is 2.23. The first-order valence-electron chi connectivity index (χ1n) is 6.95. The number of hydrogen-bond donors (Lipinski definition) is 2. The third-order valence-corrected chi connectivity index (χ3v) is 3.77. The number of carbonyl (C=O) groups excluding carboxylic acids is 1. The van der Waals surface area contributed by atoms with E-state index in [1.54, 1.807) is 5.51 Å². The van der Waals surface area contributed by atoms with Crippen molar-refractivity contribution in [2.24, 2.45) is 0 Å². The lowest BCUT2D eigenvalue weighted by atomic mass is 10.1. The van der Waals surface area contributed by atoms with Crippen LogP contribution in [0.3, 0.4) is 0 Å². The first-order chi connectivity index (χ1) is 11.1.